The van der Waals surface area contributed by atoms with Gasteiger partial charge in [-0.3, -0.25) is 4.99 Å². The van der Waals surface area contributed by atoms with E-state index < -0.39 is 0 Å². The van der Waals surface area contributed by atoms with E-state index in [9.17, 15) is 0 Å². The van der Waals surface area contributed by atoms with Gasteiger partial charge in [0.2, 0.25) is 0 Å². The summed E-state index contributed by atoms with van der Waals surface area (Å²) in [6.45, 7) is 0.384. The molecule has 0 saturated carbocycles. The first-order chi connectivity index (χ1) is 13.1. The first-order valence-electron chi connectivity index (χ1n) is 8.29. The third-order valence-corrected chi connectivity index (χ3v) is 4.93. The van der Waals surface area contributed by atoms with Crippen LogP contribution >= 0.6 is 34.8 Å². The number of fused-ring (bicyclic) bond motifs is 1. The Morgan fingerprint density at radius 2 is 1.59 bits per heavy atom. The maximum absolute atomic E-state index is 6.24. The molecule has 0 fully saturated rings. The first-order valence-corrected chi connectivity index (χ1v) is 9.43. The van der Waals surface area contributed by atoms with Crippen molar-refractivity contribution >= 4 is 57.7 Å². The normalized spacial score (nSPS) is 14.9. The number of halogens is 3. The monoisotopic (exact) mass is 413 g/mol. The Hall–Kier alpha value is -2.33. The Bertz CT molecular complexity index is 1060. The van der Waals surface area contributed by atoms with Crippen molar-refractivity contribution in [3.63, 3.8) is 0 Å². The number of para-hydroxylation sites is 1. The quantitative estimate of drug-likeness (QED) is 0.501. The molecule has 0 bridgehead atoms. The molecular formula is C21H14Cl3N3. The lowest BCUT2D eigenvalue weighted by Crippen LogP contribution is -2.14. The molecule has 1 heterocycles. The van der Waals surface area contributed by atoms with Crippen molar-refractivity contribution < 1.29 is 0 Å². The maximum atomic E-state index is 6.24. The second kappa shape index (κ2) is 7.73. The van der Waals surface area contributed by atoms with Crippen LogP contribution in [0.3, 0.4) is 0 Å². The van der Waals surface area contributed by atoms with Gasteiger partial charge in [0, 0.05) is 26.9 Å². The number of benzene rings is 3. The van der Waals surface area contributed by atoms with Crippen LogP contribution in [0.2, 0.25) is 15.1 Å². The lowest BCUT2D eigenvalue weighted by molar-refractivity contribution is 1.27. The van der Waals surface area contributed by atoms with E-state index in [-0.39, 0.29) is 0 Å². The number of nitrogens with zero attached hydrogens (tertiary/aromatic N) is 2. The molecule has 6 heteroatoms. The molecule has 0 amide bonds. The van der Waals surface area contributed by atoms with Gasteiger partial charge in [-0.05, 0) is 42.5 Å². The average molecular weight is 415 g/mol. The molecule has 1 aliphatic heterocycles. The van der Waals surface area contributed by atoms with Crippen LogP contribution in [0.5, 0.6) is 0 Å². The van der Waals surface area contributed by atoms with Crippen molar-refractivity contribution in [2.45, 2.75) is 0 Å². The van der Waals surface area contributed by atoms with Crippen molar-refractivity contribution in [1.82, 2.24) is 0 Å². The second-order valence-electron chi connectivity index (χ2n) is 6.00. The van der Waals surface area contributed by atoms with Gasteiger partial charge >= 0.3 is 0 Å². The van der Waals surface area contributed by atoms with Gasteiger partial charge in [-0.1, -0.05) is 59.1 Å². The molecule has 3 aromatic carbocycles. The van der Waals surface area contributed by atoms with Crippen LogP contribution in [0.1, 0.15) is 11.1 Å². The SMILES string of the molecule is Clc1ccc(C2=NCC(=Nc3ccccc3Cl)Nc3ccc(Cl)cc32)cc1. The first kappa shape index (κ1) is 18.1. The van der Waals surface area contributed by atoms with Crippen molar-refractivity contribution in [1.29, 1.82) is 0 Å². The third-order valence-electron chi connectivity index (χ3n) is 4.13. The Labute approximate surface area is 172 Å². The molecule has 1 aliphatic rings. The van der Waals surface area contributed by atoms with Crippen LogP contribution in [0, 0.1) is 0 Å². The number of nitrogens with one attached hydrogen (secondary N) is 1. The fourth-order valence-electron chi connectivity index (χ4n) is 2.86. The van der Waals surface area contributed by atoms with Crippen LogP contribution < -0.4 is 5.32 Å². The van der Waals surface area contributed by atoms with Crippen molar-refractivity contribution in [3.05, 3.63) is 92.9 Å². The Kier molecular flexibility index (Phi) is 5.17. The minimum atomic E-state index is 0.384. The van der Waals surface area contributed by atoms with Gasteiger partial charge in [0.15, 0.2) is 0 Å². The highest BCUT2D eigenvalue weighted by Gasteiger charge is 2.18. The molecule has 0 aliphatic carbocycles. The van der Waals surface area contributed by atoms with E-state index in [1.54, 1.807) is 0 Å². The zero-order chi connectivity index (χ0) is 18.8. The van der Waals surface area contributed by atoms with Crippen molar-refractivity contribution in [2.75, 3.05) is 11.9 Å². The van der Waals surface area contributed by atoms with Crippen molar-refractivity contribution in [2.24, 2.45) is 9.98 Å². The average Bonchev–Trinajstić information content (AvgIpc) is 2.83. The molecular weight excluding hydrogens is 401 g/mol. The molecule has 0 saturated heterocycles. The number of anilines is 1. The predicted molar refractivity (Wildman–Crippen MR) is 116 cm³/mol. The molecule has 0 atom stereocenters. The fraction of sp³-hybridized carbons (Fsp3) is 0.0476. The minimum Gasteiger partial charge on any atom is -0.342 e. The Morgan fingerprint density at radius 1 is 0.852 bits per heavy atom. The van der Waals surface area contributed by atoms with Gasteiger partial charge < -0.3 is 5.32 Å². The third kappa shape index (κ3) is 4.01. The summed E-state index contributed by atoms with van der Waals surface area (Å²) in [6, 6.07) is 20.7. The van der Waals surface area contributed by atoms with Gasteiger partial charge in [0.25, 0.3) is 0 Å². The van der Waals surface area contributed by atoms with E-state index in [1.807, 2.05) is 66.7 Å². The summed E-state index contributed by atoms with van der Waals surface area (Å²) in [6.07, 6.45) is 0. The summed E-state index contributed by atoms with van der Waals surface area (Å²) in [5, 5.41) is 5.28. The second-order valence-corrected chi connectivity index (χ2v) is 7.28. The van der Waals surface area contributed by atoms with E-state index in [4.69, 9.17) is 39.8 Å². The summed E-state index contributed by atoms with van der Waals surface area (Å²) in [4.78, 5) is 9.44. The van der Waals surface area contributed by atoms with Crippen LogP contribution in [0.15, 0.2) is 76.7 Å². The number of aliphatic imine (C=N–C) groups is 2. The molecule has 0 unspecified atom stereocenters. The summed E-state index contributed by atoms with van der Waals surface area (Å²) < 4.78 is 0. The van der Waals surface area contributed by atoms with E-state index in [1.165, 1.54) is 0 Å². The summed E-state index contributed by atoms with van der Waals surface area (Å²) in [5.74, 6) is 0.704. The summed E-state index contributed by atoms with van der Waals surface area (Å²) in [7, 11) is 0. The molecule has 3 nitrogen and oxygen atoms in total. The molecule has 27 heavy (non-hydrogen) atoms. The summed E-state index contributed by atoms with van der Waals surface area (Å²) >= 11 is 18.5. The lowest BCUT2D eigenvalue weighted by atomic mass is 10.0. The lowest BCUT2D eigenvalue weighted by Gasteiger charge is -2.11. The van der Waals surface area contributed by atoms with Gasteiger partial charge in [0.1, 0.15) is 5.84 Å². The Morgan fingerprint density at radius 3 is 2.37 bits per heavy atom. The number of hydrogen-bond donors (Lipinski definition) is 1. The van der Waals surface area contributed by atoms with E-state index in [0.29, 0.717) is 33.1 Å². The standard InChI is InChI=1S/C21H14Cl3N3/c22-14-7-5-13(6-8-14)21-16-11-15(23)9-10-18(16)26-20(12-25-21)27-19-4-2-1-3-17(19)24/h1-11H,12H2,(H,26,27). The van der Waals surface area contributed by atoms with Crippen LogP contribution in [-0.4, -0.2) is 18.1 Å². The van der Waals surface area contributed by atoms with Crippen LogP contribution in [0.4, 0.5) is 11.4 Å². The number of amidine groups is 1. The topological polar surface area (TPSA) is 36.8 Å². The number of rotatable bonds is 2. The molecule has 4 rings (SSSR count). The van der Waals surface area contributed by atoms with Crippen LogP contribution in [0.25, 0.3) is 0 Å². The smallest absolute Gasteiger partial charge is 0.128 e. The minimum absolute atomic E-state index is 0.384. The van der Waals surface area contributed by atoms with E-state index in [2.05, 4.69) is 10.3 Å². The van der Waals surface area contributed by atoms with E-state index in [0.717, 1.165) is 22.5 Å². The molecule has 0 spiro atoms. The van der Waals surface area contributed by atoms with Gasteiger partial charge in [-0.15, -0.1) is 0 Å². The number of hydrogen-bond acceptors (Lipinski definition) is 2. The molecule has 134 valence electrons. The predicted octanol–water partition coefficient (Wildman–Crippen LogP) is 6.64. The number of benzodiazepines with no additional fused rings is 1. The fourth-order valence-corrected chi connectivity index (χ4v) is 3.34. The van der Waals surface area contributed by atoms with Gasteiger partial charge in [-0.25, -0.2) is 4.99 Å². The molecule has 0 radical (unpaired) electrons. The highest BCUT2D eigenvalue weighted by atomic mass is 35.5. The summed E-state index contributed by atoms with van der Waals surface area (Å²) in [5.41, 5.74) is 4.29. The van der Waals surface area contributed by atoms with Gasteiger partial charge in [-0.2, -0.15) is 0 Å². The largest absolute Gasteiger partial charge is 0.342 e. The highest BCUT2D eigenvalue weighted by molar-refractivity contribution is 6.33. The van der Waals surface area contributed by atoms with Crippen LogP contribution in [-0.2, 0) is 0 Å². The van der Waals surface area contributed by atoms with Crippen molar-refractivity contribution in [3.8, 4) is 0 Å². The zero-order valence-corrected chi connectivity index (χ0v) is 16.4. The Balaban J connectivity index is 1.82. The van der Waals surface area contributed by atoms with E-state index >= 15 is 0 Å². The maximum Gasteiger partial charge on any atom is 0.128 e. The zero-order valence-electron chi connectivity index (χ0n) is 14.1. The molecule has 1 N–H and O–H groups in total. The molecule has 3 aromatic rings. The van der Waals surface area contributed by atoms with Gasteiger partial charge in [0.05, 0.1) is 23.0 Å². The highest BCUT2D eigenvalue weighted by Crippen LogP contribution is 2.28. The molecule has 0 aromatic heterocycles.